The lowest BCUT2D eigenvalue weighted by atomic mass is 10.1. The van der Waals surface area contributed by atoms with Crippen LogP contribution in [0.5, 0.6) is 23.2 Å². The van der Waals surface area contributed by atoms with Gasteiger partial charge in [-0.15, -0.1) is 0 Å². The number of methoxy groups -OCH3 is 3. The van der Waals surface area contributed by atoms with Gasteiger partial charge < -0.3 is 28.8 Å². The van der Waals surface area contributed by atoms with E-state index in [9.17, 15) is 9.59 Å². The molecule has 0 aliphatic carbocycles. The molecule has 0 unspecified atom stereocenters. The molecule has 5 aromatic rings. The highest BCUT2D eigenvalue weighted by molar-refractivity contribution is 6.37. The van der Waals surface area contributed by atoms with Crippen LogP contribution in [0.3, 0.4) is 0 Å². The quantitative estimate of drug-likeness (QED) is 0.234. The fourth-order valence-corrected chi connectivity index (χ4v) is 4.95. The van der Waals surface area contributed by atoms with Crippen LogP contribution in [0.15, 0.2) is 63.9 Å². The van der Waals surface area contributed by atoms with Crippen molar-refractivity contribution in [2.75, 3.05) is 26.6 Å². The normalized spacial score (nSPS) is 11.2. The van der Waals surface area contributed by atoms with Gasteiger partial charge in [0.05, 0.1) is 44.4 Å². The SMILES string of the molecule is COc1cc(NC(=O)Cc2cccc(-n3c(=O)c4c(OC(C)C)onc4c4c(Cl)cccc43)c2)cc(OC)c1OC. The molecule has 1 N–H and O–H groups in total. The van der Waals surface area contributed by atoms with Gasteiger partial charge in [0.2, 0.25) is 11.7 Å². The molecule has 0 saturated carbocycles. The van der Waals surface area contributed by atoms with Crippen LogP contribution in [-0.2, 0) is 11.2 Å². The average Bonchev–Trinajstić information content (AvgIpc) is 3.35. The summed E-state index contributed by atoms with van der Waals surface area (Å²) in [5.41, 5.74) is 2.18. The molecule has 10 nitrogen and oxygen atoms in total. The van der Waals surface area contributed by atoms with Crippen molar-refractivity contribution < 1.29 is 28.3 Å². The third kappa shape index (κ3) is 5.26. The highest BCUT2D eigenvalue weighted by Crippen LogP contribution is 2.40. The minimum Gasteiger partial charge on any atom is -0.493 e. The van der Waals surface area contributed by atoms with Gasteiger partial charge >= 0.3 is 5.95 Å². The van der Waals surface area contributed by atoms with Crippen molar-refractivity contribution in [1.82, 2.24) is 9.72 Å². The van der Waals surface area contributed by atoms with Crippen LogP contribution in [-0.4, -0.2) is 43.1 Å². The van der Waals surface area contributed by atoms with E-state index in [-0.39, 0.29) is 35.3 Å². The monoisotopic (exact) mass is 577 g/mol. The summed E-state index contributed by atoms with van der Waals surface area (Å²) < 4.78 is 28.8. The van der Waals surface area contributed by atoms with E-state index in [1.165, 1.54) is 25.9 Å². The minimum atomic E-state index is -0.384. The first-order valence-electron chi connectivity index (χ1n) is 12.7. The Labute approximate surface area is 240 Å². The number of carbonyl (C=O) groups excluding carboxylic acids is 1. The zero-order valence-electron chi connectivity index (χ0n) is 23.1. The molecule has 0 spiro atoms. The summed E-state index contributed by atoms with van der Waals surface area (Å²) in [6, 6.07) is 15.7. The number of hydrogen-bond donors (Lipinski definition) is 1. The topological polar surface area (TPSA) is 114 Å². The smallest absolute Gasteiger partial charge is 0.325 e. The van der Waals surface area contributed by atoms with E-state index < -0.39 is 0 Å². The summed E-state index contributed by atoms with van der Waals surface area (Å²) in [5.74, 6) is 0.999. The van der Waals surface area contributed by atoms with Gasteiger partial charge in [0, 0.05) is 28.9 Å². The van der Waals surface area contributed by atoms with E-state index >= 15 is 0 Å². The number of hydrogen-bond acceptors (Lipinski definition) is 8. The molecule has 0 saturated heterocycles. The third-order valence-electron chi connectivity index (χ3n) is 6.37. The second-order valence-electron chi connectivity index (χ2n) is 9.44. The number of aromatic nitrogens is 2. The number of halogens is 1. The Morgan fingerprint density at radius 2 is 1.71 bits per heavy atom. The first-order chi connectivity index (χ1) is 19.7. The minimum absolute atomic E-state index is 0.0245. The lowest BCUT2D eigenvalue weighted by Gasteiger charge is -2.15. The summed E-state index contributed by atoms with van der Waals surface area (Å²) in [5, 5.41) is 8.13. The molecule has 1 amide bonds. The van der Waals surface area contributed by atoms with E-state index in [1.807, 2.05) is 19.9 Å². The Balaban J connectivity index is 1.54. The van der Waals surface area contributed by atoms with E-state index in [0.717, 1.165) is 0 Å². The second-order valence-corrected chi connectivity index (χ2v) is 9.85. The Morgan fingerprint density at radius 1 is 1.00 bits per heavy atom. The highest BCUT2D eigenvalue weighted by atomic mass is 35.5. The standard InChI is InChI=1S/C30H28ClN3O7/c1-16(2)40-30-26-27(33-41-30)25-20(31)10-7-11-21(25)34(29(26)36)19-9-6-8-17(12-19)13-24(35)32-18-14-22(37-3)28(39-5)23(15-18)38-4/h6-12,14-16H,13H2,1-5H3,(H,32,35). The Bertz CT molecular complexity index is 1800. The summed E-state index contributed by atoms with van der Waals surface area (Å²) in [6.07, 6.45) is -0.205. The van der Waals surface area contributed by atoms with E-state index in [4.69, 9.17) is 35.1 Å². The number of anilines is 1. The fourth-order valence-electron chi connectivity index (χ4n) is 4.69. The maximum absolute atomic E-state index is 13.9. The zero-order chi connectivity index (χ0) is 29.3. The Kier molecular flexibility index (Phi) is 7.76. The van der Waals surface area contributed by atoms with Gasteiger partial charge in [-0.25, -0.2) is 0 Å². The van der Waals surface area contributed by atoms with Crippen LogP contribution in [0.25, 0.3) is 27.5 Å². The van der Waals surface area contributed by atoms with Gasteiger partial charge in [0.1, 0.15) is 5.52 Å². The van der Waals surface area contributed by atoms with E-state index in [2.05, 4.69) is 10.5 Å². The van der Waals surface area contributed by atoms with Gasteiger partial charge in [-0.05, 0) is 43.7 Å². The number of rotatable bonds is 9. The highest BCUT2D eigenvalue weighted by Gasteiger charge is 2.23. The molecule has 2 heterocycles. The van der Waals surface area contributed by atoms with Gasteiger partial charge in [0.15, 0.2) is 16.9 Å². The molecule has 41 heavy (non-hydrogen) atoms. The second kappa shape index (κ2) is 11.4. The molecule has 0 atom stereocenters. The molecular weight excluding hydrogens is 550 g/mol. The first kappa shape index (κ1) is 27.9. The number of pyridine rings is 1. The van der Waals surface area contributed by atoms with Crippen molar-refractivity contribution in [3.8, 4) is 28.9 Å². The van der Waals surface area contributed by atoms with Crippen LogP contribution in [0.1, 0.15) is 19.4 Å². The predicted octanol–water partition coefficient (Wildman–Crippen LogP) is 5.78. The van der Waals surface area contributed by atoms with Gasteiger partial charge in [-0.1, -0.05) is 35.0 Å². The number of ether oxygens (including phenoxy) is 4. The summed E-state index contributed by atoms with van der Waals surface area (Å²) >= 11 is 6.59. The van der Waals surface area contributed by atoms with Crippen molar-refractivity contribution in [2.24, 2.45) is 0 Å². The van der Waals surface area contributed by atoms with Crippen molar-refractivity contribution in [2.45, 2.75) is 26.4 Å². The Morgan fingerprint density at radius 3 is 2.37 bits per heavy atom. The van der Waals surface area contributed by atoms with Crippen molar-refractivity contribution >= 4 is 45.0 Å². The summed E-state index contributed by atoms with van der Waals surface area (Å²) in [7, 11) is 4.51. The number of benzene rings is 3. The van der Waals surface area contributed by atoms with Gasteiger partial charge in [-0.2, -0.15) is 0 Å². The largest absolute Gasteiger partial charge is 0.493 e. The number of amides is 1. The average molecular weight is 578 g/mol. The summed E-state index contributed by atoms with van der Waals surface area (Å²) in [6.45, 7) is 3.65. The van der Waals surface area contributed by atoms with Gasteiger partial charge in [0.25, 0.3) is 5.56 Å². The Hall–Kier alpha value is -4.70. The molecule has 3 aromatic carbocycles. The number of carbonyl (C=O) groups is 1. The fraction of sp³-hybridized carbons (Fsp3) is 0.233. The molecular formula is C30H28ClN3O7. The van der Waals surface area contributed by atoms with Crippen LogP contribution < -0.4 is 29.8 Å². The predicted molar refractivity (Wildman–Crippen MR) is 156 cm³/mol. The summed E-state index contributed by atoms with van der Waals surface area (Å²) in [4.78, 5) is 26.9. The molecule has 0 radical (unpaired) electrons. The van der Waals surface area contributed by atoms with Crippen LogP contribution >= 0.6 is 11.6 Å². The first-order valence-corrected chi connectivity index (χ1v) is 13.1. The maximum Gasteiger partial charge on any atom is 0.325 e. The van der Waals surface area contributed by atoms with Crippen LogP contribution in [0, 0.1) is 0 Å². The molecule has 0 aliphatic rings. The van der Waals surface area contributed by atoms with Crippen molar-refractivity contribution in [3.63, 3.8) is 0 Å². The third-order valence-corrected chi connectivity index (χ3v) is 6.69. The molecule has 212 valence electrons. The number of fused-ring (bicyclic) bond motifs is 3. The molecule has 0 aliphatic heterocycles. The molecule has 5 rings (SSSR count). The lowest BCUT2D eigenvalue weighted by Crippen LogP contribution is -2.20. The molecule has 0 fully saturated rings. The molecule has 11 heteroatoms. The van der Waals surface area contributed by atoms with Crippen molar-refractivity contribution in [3.05, 3.63) is 75.5 Å². The maximum atomic E-state index is 13.9. The molecule has 2 aromatic heterocycles. The molecule has 0 bridgehead atoms. The zero-order valence-corrected chi connectivity index (χ0v) is 23.9. The van der Waals surface area contributed by atoms with Crippen LogP contribution in [0.4, 0.5) is 5.69 Å². The number of nitrogens with zero attached hydrogens (tertiary/aromatic N) is 2. The van der Waals surface area contributed by atoms with E-state index in [0.29, 0.717) is 55.6 Å². The van der Waals surface area contributed by atoms with Gasteiger partial charge in [-0.3, -0.25) is 14.2 Å². The van der Waals surface area contributed by atoms with Crippen LogP contribution in [0.2, 0.25) is 5.02 Å². The van der Waals surface area contributed by atoms with E-state index in [1.54, 1.807) is 48.5 Å². The number of nitrogens with one attached hydrogen (secondary N) is 1. The van der Waals surface area contributed by atoms with Crippen molar-refractivity contribution in [1.29, 1.82) is 0 Å². The lowest BCUT2D eigenvalue weighted by molar-refractivity contribution is -0.115.